The van der Waals surface area contributed by atoms with Crippen molar-refractivity contribution in [2.45, 2.75) is 347 Å². The topological polar surface area (TPSA) is 231 Å². The molecule has 0 spiro atoms. The van der Waals surface area contributed by atoms with E-state index in [1.54, 1.807) is 0 Å². The minimum atomic E-state index is -4.93. The van der Waals surface area contributed by atoms with Gasteiger partial charge in [0.2, 0.25) is 0 Å². The first-order chi connectivity index (χ1) is 47.2. The number of phosphoric acid groups is 2. The fourth-order valence-corrected chi connectivity index (χ4v) is 11.9. The number of esters is 3. The first kappa shape index (κ1) is 93.5. The summed E-state index contributed by atoms with van der Waals surface area (Å²) >= 11 is 0. The van der Waals surface area contributed by atoms with Crippen LogP contribution in [-0.2, 0) is 55.8 Å². The Morgan fingerprint density at radius 1 is 0.289 bits per heavy atom. The number of carbonyl (C=O) groups is 3. The maximum atomic E-state index is 12.9. The van der Waals surface area contributed by atoms with Crippen molar-refractivity contribution in [1.29, 1.82) is 0 Å². The molecule has 0 aromatic rings. The van der Waals surface area contributed by atoms with E-state index in [1.807, 2.05) is 0 Å². The number of carbonyl (C=O) groups excluding carboxylic acids is 3. The smallest absolute Gasteiger partial charge is 0.463 e. The van der Waals surface area contributed by atoms with Gasteiger partial charge < -0.3 is 34.2 Å². The van der Waals surface area contributed by atoms with E-state index in [9.17, 15) is 43.5 Å². The summed E-state index contributed by atoms with van der Waals surface area (Å²) < 4.78 is 61.1. The summed E-state index contributed by atoms with van der Waals surface area (Å²) in [7, 11) is -9.79. The Morgan fingerprint density at radius 3 is 0.845 bits per heavy atom. The van der Waals surface area contributed by atoms with Crippen molar-refractivity contribution in [3.05, 3.63) is 97.2 Å². The van der Waals surface area contributed by atoms with Gasteiger partial charge in [-0.3, -0.25) is 32.5 Å². The Balaban J connectivity index is 4.56. The van der Waals surface area contributed by atoms with E-state index < -0.39 is 91.5 Å². The van der Waals surface area contributed by atoms with Gasteiger partial charge in [-0.25, -0.2) is 9.13 Å². The molecule has 0 fully saturated rings. The predicted octanol–water partition coefficient (Wildman–Crippen LogP) is 22.2. The predicted molar refractivity (Wildman–Crippen MR) is 399 cm³/mol. The normalized spacial score (nSPS) is 14.6. The van der Waals surface area contributed by atoms with Crippen molar-refractivity contribution in [3.8, 4) is 0 Å². The molecule has 0 rings (SSSR count). The highest BCUT2D eigenvalue weighted by Gasteiger charge is 2.29. The molecule has 0 saturated heterocycles. The summed E-state index contributed by atoms with van der Waals surface area (Å²) in [4.78, 5) is 58.6. The van der Waals surface area contributed by atoms with Gasteiger partial charge in [0.15, 0.2) is 6.10 Å². The van der Waals surface area contributed by atoms with Crippen LogP contribution in [0.2, 0.25) is 0 Å². The summed E-state index contributed by atoms with van der Waals surface area (Å²) in [5.74, 6) is -1.59. The molecule has 18 heteroatoms. The van der Waals surface area contributed by atoms with Crippen molar-refractivity contribution in [1.82, 2.24) is 0 Å². The number of unbranched alkanes of at least 4 members (excludes halogenated alkanes) is 34. The summed E-state index contributed by atoms with van der Waals surface area (Å²) in [5, 5.41) is 20.6. The van der Waals surface area contributed by atoms with E-state index in [-0.39, 0.29) is 19.3 Å². The number of rotatable bonds is 73. The van der Waals surface area contributed by atoms with Gasteiger partial charge in [-0.05, 0) is 128 Å². The molecule has 0 radical (unpaired) electrons. The molecular weight excluding hydrogens is 1270 g/mol. The lowest BCUT2D eigenvalue weighted by molar-refractivity contribution is -0.161. The minimum Gasteiger partial charge on any atom is -0.463 e. The molecule has 5 atom stereocenters. The first-order valence-electron chi connectivity index (χ1n) is 38.5. The number of aliphatic hydroxyl groups excluding tert-OH is 2. The van der Waals surface area contributed by atoms with Crippen molar-refractivity contribution in [2.75, 3.05) is 39.6 Å². The Labute approximate surface area is 590 Å². The molecule has 16 nitrogen and oxygen atoms in total. The Kier molecular flexibility index (Phi) is 69.6. The Morgan fingerprint density at radius 2 is 0.515 bits per heavy atom. The largest absolute Gasteiger partial charge is 0.472 e. The maximum absolute atomic E-state index is 12.9. The van der Waals surface area contributed by atoms with Crippen LogP contribution in [-0.4, -0.2) is 95.9 Å². The van der Waals surface area contributed by atoms with E-state index in [0.717, 1.165) is 141 Å². The van der Waals surface area contributed by atoms with E-state index >= 15 is 0 Å². The number of phosphoric ester groups is 2. The van der Waals surface area contributed by atoms with Crippen LogP contribution in [0, 0.1) is 0 Å². The molecule has 0 aromatic heterocycles. The molecule has 4 N–H and O–H groups in total. The molecule has 0 heterocycles. The van der Waals surface area contributed by atoms with Gasteiger partial charge >= 0.3 is 33.6 Å². The van der Waals surface area contributed by atoms with Gasteiger partial charge in [0.05, 0.1) is 26.4 Å². The average molecular weight is 1410 g/mol. The SMILES string of the molecule is CCCCC/C=C\C/C=C\C/C=C\C/C=C\CCCCCCCCCCCCCC(=O)OCC(O)COP(=O)(O)OCC(O)COP(=O)(O)OCC(COC(=O)CCCCCCCC/C=C\C/C=C\C/C=C\CCCCC)OC(=O)CCCCCCC/C=C\CCCCCCCC. The molecule has 0 aliphatic heterocycles. The number of hydrogen-bond acceptors (Lipinski definition) is 14. The fourth-order valence-electron chi connectivity index (χ4n) is 10.3. The number of hydrogen-bond donors (Lipinski definition) is 4. The summed E-state index contributed by atoms with van der Waals surface area (Å²) in [5.41, 5.74) is 0. The van der Waals surface area contributed by atoms with Crippen LogP contribution in [0.5, 0.6) is 0 Å². The lowest BCUT2D eigenvalue weighted by Crippen LogP contribution is -2.30. The van der Waals surface area contributed by atoms with E-state index in [1.165, 1.54) is 128 Å². The van der Waals surface area contributed by atoms with E-state index in [0.29, 0.717) is 19.3 Å². The number of allylic oxidation sites excluding steroid dienone is 16. The van der Waals surface area contributed by atoms with Gasteiger partial charge in [0, 0.05) is 19.3 Å². The van der Waals surface area contributed by atoms with Crippen molar-refractivity contribution in [3.63, 3.8) is 0 Å². The molecule has 0 aliphatic carbocycles. The third kappa shape index (κ3) is 73.5. The zero-order valence-electron chi connectivity index (χ0n) is 61.2. The van der Waals surface area contributed by atoms with Crippen LogP contribution in [0.15, 0.2) is 97.2 Å². The minimum absolute atomic E-state index is 0.0921. The van der Waals surface area contributed by atoms with E-state index in [4.69, 9.17) is 32.3 Å². The van der Waals surface area contributed by atoms with Gasteiger partial charge in [-0.1, -0.05) is 279 Å². The summed E-state index contributed by atoms with van der Waals surface area (Å²) in [6, 6.07) is 0. The lowest BCUT2D eigenvalue weighted by Gasteiger charge is -2.21. The Hall–Kier alpha value is -3.53. The molecule has 5 unspecified atom stereocenters. The van der Waals surface area contributed by atoms with Crippen LogP contribution in [0.1, 0.15) is 329 Å². The van der Waals surface area contributed by atoms with Gasteiger partial charge in [-0.2, -0.15) is 0 Å². The molecule has 0 aliphatic rings. The molecule has 97 heavy (non-hydrogen) atoms. The van der Waals surface area contributed by atoms with Crippen molar-refractivity contribution in [2.24, 2.45) is 0 Å². The van der Waals surface area contributed by atoms with Crippen LogP contribution in [0.25, 0.3) is 0 Å². The number of aliphatic hydroxyl groups is 2. The molecular formula is C79H140O16P2. The highest BCUT2D eigenvalue weighted by Crippen LogP contribution is 2.45. The third-order valence-electron chi connectivity index (χ3n) is 16.3. The Bertz CT molecular complexity index is 2150. The standard InChI is InChI=1S/C79H140O16P2/c1-4-7-10-13-16-19-22-25-28-30-32-33-34-35-36-37-38-39-41-43-45-47-50-53-56-59-62-65-77(82)89-68-74(80)69-91-96(85,86)92-70-75(81)71-93-97(87,88)94-73-76(95-79(84)67-64-61-58-55-52-49-44-27-24-21-18-15-12-9-6-3)72-90-78(83)66-63-60-57-54-51-48-46-42-40-31-29-26-23-20-17-14-11-8-5-2/h16-17,19-20,25-29,32-33,35-36,40,42,44,74-76,80-81H,4-15,18,21-24,30-31,34,37-39,41,43,45-73H2,1-3H3,(H,85,86)(H,87,88)/b19-16-,20-17-,28-25-,29-26-,33-32-,36-35-,42-40-,44-27-. The highest BCUT2D eigenvalue weighted by atomic mass is 31.2. The zero-order valence-corrected chi connectivity index (χ0v) is 63.0. The second-order valence-electron chi connectivity index (χ2n) is 25.8. The monoisotopic (exact) mass is 1410 g/mol. The van der Waals surface area contributed by atoms with Crippen LogP contribution in [0.4, 0.5) is 0 Å². The zero-order chi connectivity index (χ0) is 70.9. The van der Waals surface area contributed by atoms with Crippen molar-refractivity contribution < 1.29 is 75.8 Å². The van der Waals surface area contributed by atoms with E-state index in [2.05, 4.69) is 118 Å². The average Bonchev–Trinajstić information content (AvgIpc) is 1.86. The lowest BCUT2D eigenvalue weighted by atomic mass is 10.0. The van der Waals surface area contributed by atoms with Crippen LogP contribution >= 0.6 is 15.6 Å². The van der Waals surface area contributed by atoms with Gasteiger partial charge in [0.25, 0.3) is 0 Å². The molecule has 562 valence electrons. The first-order valence-corrected chi connectivity index (χ1v) is 41.5. The van der Waals surface area contributed by atoms with Gasteiger partial charge in [-0.15, -0.1) is 0 Å². The molecule has 0 bridgehead atoms. The van der Waals surface area contributed by atoms with Gasteiger partial charge in [0.1, 0.15) is 25.4 Å². The molecule has 0 saturated carbocycles. The highest BCUT2D eigenvalue weighted by molar-refractivity contribution is 7.47. The summed E-state index contributed by atoms with van der Waals surface area (Å²) in [6.45, 7) is 2.62. The van der Waals surface area contributed by atoms with Crippen molar-refractivity contribution >= 4 is 33.6 Å². The quantitative estimate of drug-likeness (QED) is 0.0146. The number of ether oxygens (including phenoxy) is 3. The fraction of sp³-hybridized carbons (Fsp3) is 0.759. The molecule has 0 aromatic carbocycles. The third-order valence-corrected chi connectivity index (χ3v) is 18.2. The second-order valence-corrected chi connectivity index (χ2v) is 28.7. The summed E-state index contributed by atoms with van der Waals surface area (Å²) in [6.07, 6.45) is 81.6. The second kappa shape index (κ2) is 72.3. The van der Waals surface area contributed by atoms with Crippen LogP contribution < -0.4 is 0 Å². The molecule has 0 amide bonds. The maximum Gasteiger partial charge on any atom is 0.472 e. The van der Waals surface area contributed by atoms with Crippen LogP contribution in [0.3, 0.4) is 0 Å².